The number of amides is 5. The van der Waals surface area contributed by atoms with Crippen LogP contribution in [0.4, 0.5) is 14.0 Å². The molecule has 16 heteroatoms. The van der Waals surface area contributed by atoms with Crippen LogP contribution < -0.4 is 15.4 Å². The van der Waals surface area contributed by atoms with E-state index in [1.54, 1.807) is 32.9 Å². The van der Waals surface area contributed by atoms with Crippen LogP contribution in [0.2, 0.25) is 0 Å². The number of ether oxygens (including phenoxy) is 2. The molecule has 14 nitrogen and oxygen atoms in total. The second-order valence-corrected chi connectivity index (χ2v) is 17.2. The fourth-order valence-electron chi connectivity index (χ4n) is 7.02. The fourth-order valence-corrected chi connectivity index (χ4v) is 8.39. The quantitative estimate of drug-likeness (QED) is 0.384. The fraction of sp³-hybridized carbons (Fsp3) is 0.629. The van der Waals surface area contributed by atoms with E-state index in [0.29, 0.717) is 36.8 Å². The highest BCUT2D eigenvalue weighted by Gasteiger charge is 2.62. The first-order chi connectivity index (χ1) is 24.1. The number of rotatable bonds is 5. The number of alkyl carbamates (subject to hydrolysis) is 1. The first-order valence-corrected chi connectivity index (χ1v) is 19.2. The lowest BCUT2D eigenvalue weighted by Crippen LogP contribution is -2.58. The average Bonchev–Trinajstić information content (AvgIpc) is 3.93. The van der Waals surface area contributed by atoms with Crippen molar-refractivity contribution in [2.45, 2.75) is 126 Å². The zero-order valence-corrected chi connectivity index (χ0v) is 29.9. The average molecular weight is 732 g/mol. The molecule has 6 rings (SSSR count). The van der Waals surface area contributed by atoms with Gasteiger partial charge in [-0.3, -0.25) is 24.0 Å². The maximum atomic E-state index is 14.4. The summed E-state index contributed by atoms with van der Waals surface area (Å²) in [7, 11) is -3.92. The zero-order valence-electron chi connectivity index (χ0n) is 29.1. The summed E-state index contributed by atoms with van der Waals surface area (Å²) in [6, 6.07) is 2.30. The topological polar surface area (TPSA) is 181 Å². The minimum atomic E-state index is -3.92. The van der Waals surface area contributed by atoms with Gasteiger partial charge < -0.3 is 25.0 Å². The van der Waals surface area contributed by atoms with E-state index >= 15 is 0 Å². The van der Waals surface area contributed by atoms with Crippen LogP contribution in [0.15, 0.2) is 30.4 Å². The van der Waals surface area contributed by atoms with Crippen molar-refractivity contribution in [1.82, 2.24) is 25.2 Å². The molecule has 51 heavy (non-hydrogen) atoms. The molecule has 3 aliphatic heterocycles. The second kappa shape index (κ2) is 14.1. The number of nitrogens with zero attached hydrogens (tertiary/aromatic N) is 2. The summed E-state index contributed by atoms with van der Waals surface area (Å²) >= 11 is 0. The molecule has 5 aliphatic rings. The molecule has 5 atom stereocenters. The molecule has 1 aromatic carbocycles. The van der Waals surface area contributed by atoms with E-state index in [0.717, 1.165) is 12.8 Å². The van der Waals surface area contributed by atoms with Crippen LogP contribution in [0.1, 0.15) is 89.7 Å². The van der Waals surface area contributed by atoms with Gasteiger partial charge in [-0.25, -0.2) is 22.4 Å². The predicted octanol–water partition coefficient (Wildman–Crippen LogP) is 3.14. The summed E-state index contributed by atoms with van der Waals surface area (Å²) in [4.78, 5) is 70.8. The van der Waals surface area contributed by atoms with Crippen LogP contribution in [0.25, 0.3) is 0 Å². The standard InChI is InChI=1S/C35H46FN5O9S/c1-34(2,3)50-32(45)37-27-13-8-6-4-5-7-11-22-17-35(22,31(44)39-51(47,48)24-14-15-24)38-29(42)28-16-23(19-41(28)30(27)43)49-33(46)40-18-21-10-9-12-26(36)25(21)20-40/h7,9-12,22-24,27-28H,4-6,8,13-20H2,1-3H3,(H,37,45)(H,38,42)(H,39,44)/b11-7-/t22-,23?,27+,28+,35-/m1/s1. The van der Waals surface area contributed by atoms with E-state index in [-0.39, 0.29) is 38.9 Å². The van der Waals surface area contributed by atoms with Crippen LogP contribution in [0, 0.1) is 11.7 Å². The summed E-state index contributed by atoms with van der Waals surface area (Å²) in [5.41, 5.74) is -1.36. The summed E-state index contributed by atoms with van der Waals surface area (Å²) < 4.78 is 53.3. The van der Waals surface area contributed by atoms with Crippen molar-refractivity contribution in [3.05, 3.63) is 47.3 Å². The third-order valence-corrected chi connectivity index (χ3v) is 11.8. The number of fused-ring (bicyclic) bond motifs is 3. The molecule has 1 aromatic rings. The lowest BCUT2D eigenvalue weighted by molar-refractivity contribution is -0.141. The third kappa shape index (κ3) is 8.31. The van der Waals surface area contributed by atoms with E-state index < -0.39 is 86.2 Å². The van der Waals surface area contributed by atoms with Gasteiger partial charge in [0, 0.05) is 24.4 Å². The number of nitrogens with one attached hydrogen (secondary N) is 3. The van der Waals surface area contributed by atoms with Gasteiger partial charge in [0.2, 0.25) is 21.8 Å². The predicted molar refractivity (Wildman–Crippen MR) is 180 cm³/mol. The van der Waals surface area contributed by atoms with Gasteiger partial charge in [-0.2, -0.15) is 0 Å². The smallest absolute Gasteiger partial charge is 0.410 e. The molecule has 0 radical (unpaired) electrons. The molecule has 5 amide bonds. The Balaban J connectivity index is 1.25. The van der Waals surface area contributed by atoms with Crippen LogP contribution >= 0.6 is 0 Å². The number of halogens is 1. The number of hydrogen-bond donors (Lipinski definition) is 3. The molecule has 0 aromatic heterocycles. The second-order valence-electron chi connectivity index (χ2n) is 15.2. The molecule has 3 fully saturated rings. The van der Waals surface area contributed by atoms with Crippen molar-refractivity contribution in [1.29, 1.82) is 0 Å². The van der Waals surface area contributed by atoms with Gasteiger partial charge in [0.1, 0.15) is 35.1 Å². The molecule has 3 N–H and O–H groups in total. The van der Waals surface area contributed by atoms with Crippen molar-refractivity contribution in [2.24, 2.45) is 5.92 Å². The molecule has 0 spiro atoms. The number of sulfonamides is 1. The van der Waals surface area contributed by atoms with Gasteiger partial charge >= 0.3 is 12.2 Å². The van der Waals surface area contributed by atoms with Gasteiger partial charge in [-0.1, -0.05) is 37.1 Å². The van der Waals surface area contributed by atoms with E-state index in [1.807, 2.05) is 12.2 Å². The van der Waals surface area contributed by atoms with Crippen molar-refractivity contribution in [3.8, 4) is 0 Å². The van der Waals surface area contributed by atoms with Crippen molar-refractivity contribution >= 4 is 39.9 Å². The number of carbonyl (C=O) groups is 5. The van der Waals surface area contributed by atoms with E-state index in [2.05, 4.69) is 15.4 Å². The van der Waals surface area contributed by atoms with Crippen molar-refractivity contribution in [2.75, 3.05) is 6.54 Å². The van der Waals surface area contributed by atoms with E-state index in [9.17, 15) is 36.8 Å². The largest absolute Gasteiger partial charge is 0.444 e. The lowest BCUT2D eigenvalue weighted by Gasteiger charge is -2.30. The first kappa shape index (κ1) is 36.6. The number of benzene rings is 1. The summed E-state index contributed by atoms with van der Waals surface area (Å²) in [6.07, 6.45) is 5.10. The summed E-state index contributed by atoms with van der Waals surface area (Å²) in [5.74, 6) is -3.06. The van der Waals surface area contributed by atoms with Gasteiger partial charge in [0.15, 0.2) is 0 Å². The van der Waals surface area contributed by atoms with Crippen LogP contribution in [-0.2, 0) is 47.0 Å². The summed E-state index contributed by atoms with van der Waals surface area (Å²) in [5, 5.41) is 4.79. The first-order valence-electron chi connectivity index (χ1n) is 17.6. The van der Waals surface area contributed by atoms with Crippen molar-refractivity contribution in [3.63, 3.8) is 0 Å². The van der Waals surface area contributed by atoms with Gasteiger partial charge in [-0.15, -0.1) is 0 Å². The maximum Gasteiger partial charge on any atom is 0.410 e. The van der Waals surface area contributed by atoms with Crippen LogP contribution in [0.5, 0.6) is 0 Å². The Morgan fingerprint density at radius 2 is 1.82 bits per heavy atom. The highest BCUT2D eigenvalue weighted by Crippen LogP contribution is 2.46. The highest BCUT2D eigenvalue weighted by molar-refractivity contribution is 7.91. The van der Waals surface area contributed by atoms with Gasteiger partial charge in [0.05, 0.1) is 18.3 Å². The van der Waals surface area contributed by atoms with Gasteiger partial charge in [0.25, 0.3) is 5.91 Å². The monoisotopic (exact) mass is 731 g/mol. The van der Waals surface area contributed by atoms with Gasteiger partial charge in [-0.05, 0) is 70.9 Å². The Morgan fingerprint density at radius 1 is 1.06 bits per heavy atom. The Kier molecular flexibility index (Phi) is 10.1. The minimum Gasteiger partial charge on any atom is -0.444 e. The molecule has 2 saturated carbocycles. The Morgan fingerprint density at radius 3 is 2.53 bits per heavy atom. The molecular weight excluding hydrogens is 685 g/mol. The normalized spacial score (nSPS) is 28.9. The van der Waals surface area contributed by atoms with E-state index in [1.165, 1.54) is 15.9 Å². The molecule has 1 unspecified atom stereocenters. The number of allylic oxidation sites excluding steroid dienone is 1. The molecule has 2 aliphatic carbocycles. The SMILES string of the molecule is CC(C)(C)OC(=O)N[C@H]1CCCCC/C=C\[C@@H]2C[C@@]2(C(=O)NS(=O)(=O)C2CC2)NC(=O)[C@@H]2CC(OC(=O)N3Cc4cccc(F)c4C3)CN2C1=O. The Hall–Kier alpha value is -4.21. The third-order valence-electron chi connectivity index (χ3n) is 9.99. The van der Waals surface area contributed by atoms with E-state index in [4.69, 9.17) is 9.47 Å². The van der Waals surface area contributed by atoms with Crippen LogP contribution in [0.3, 0.4) is 0 Å². The summed E-state index contributed by atoms with van der Waals surface area (Å²) in [6.45, 7) is 5.01. The number of hydrogen-bond acceptors (Lipinski definition) is 9. The number of carbonyl (C=O) groups excluding carboxylic acids is 5. The lowest BCUT2D eigenvalue weighted by atomic mass is 10.0. The van der Waals surface area contributed by atoms with Crippen LogP contribution in [-0.4, -0.2) is 89.2 Å². The zero-order chi connectivity index (χ0) is 36.7. The Labute approximate surface area is 296 Å². The maximum absolute atomic E-state index is 14.4. The molecular formula is C35H46FN5O9S. The molecule has 1 saturated heterocycles. The molecule has 0 bridgehead atoms. The Bertz CT molecular complexity index is 1730. The highest BCUT2D eigenvalue weighted by atomic mass is 32.2. The molecule has 278 valence electrons. The minimum absolute atomic E-state index is 0.00168. The van der Waals surface area contributed by atoms with Crippen molar-refractivity contribution < 1.29 is 46.3 Å². The molecule has 3 heterocycles.